The number of anilines is 3. The molecule has 3 rings (SSSR count). The van der Waals surface area contributed by atoms with Crippen molar-refractivity contribution in [3.05, 3.63) is 52.9 Å². The number of rotatable bonds is 6. The number of nitrogens with one attached hydrogen (secondary N) is 2. The minimum Gasteiger partial charge on any atom is -0.360 e. The number of nitrogens with zero attached hydrogens (tertiary/aromatic N) is 4. The van der Waals surface area contributed by atoms with Gasteiger partial charge in [0.25, 0.3) is 0 Å². The summed E-state index contributed by atoms with van der Waals surface area (Å²) in [5, 5.41) is 18.6. The monoisotopic (exact) mass is 330 g/mol. The Kier molecular flexibility index (Phi) is 4.68. The summed E-state index contributed by atoms with van der Waals surface area (Å²) in [5.74, 6) is 2.28. The molecule has 2 N–H and O–H groups in total. The van der Waals surface area contributed by atoms with Crippen LogP contribution in [0, 0.1) is 6.92 Å². The van der Waals surface area contributed by atoms with Crippen molar-refractivity contribution >= 4 is 29.2 Å². The Hall–Kier alpha value is -2.67. The van der Waals surface area contributed by atoms with Crippen LogP contribution < -0.4 is 10.6 Å². The molecule has 1 aromatic carbocycles. The highest BCUT2D eigenvalue weighted by atomic mass is 35.5. The molecule has 23 heavy (non-hydrogen) atoms. The largest absolute Gasteiger partial charge is 0.360 e. The molecule has 0 aliphatic heterocycles. The summed E-state index contributed by atoms with van der Waals surface area (Å²) in [6.45, 7) is 2.49. The smallest absolute Gasteiger partial charge is 0.244 e. The molecule has 0 saturated heterocycles. The molecule has 0 bridgehead atoms. The van der Waals surface area contributed by atoms with Crippen LogP contribution >= 0.6 is 11.6 Å². The van der Waals surface area contributed by atoms with Gasteiger partial charge in [-0.1, -0.05) is 28.9 Å². The number of halogens is 1. The first-order chi connectivity index (χ1) is 11.2. The van der Waals surface area contributed by atoms with Crippen LogP contribution in [-0.4, -0.2) is 26.9 Å². The fourth-order valence-electron chi connectivity index (χ4n) is 2.01. The lowest BCUT2D eigenvalue weighted by Crippen LogP contribution is -2.09. The van der Waals surface area contributed by atoms with Crippen LogP contribution in [0.4, 0.5) is 17.6 Å². The topological polar surface area (TPSA) is 88.8 Å². The van der Waals surface area contributed by atoms with Gasteiger partial charge in [0.05, 0.1) is 6.20 Å². The third-order valence-electron chi connectivity index (χ3n) is 3.03. The van der Waals surface area contributed by atoms with Crippen molar-refractivity contribution in [3.8, 4) is 0 Å². The summed E-state index contributed by atoms with van der Waals surface area (Å²) >= 11 is 5.96. The summed E-state index contributed by atoms with van der Waals surface area (Å²) < 4.78 is 4.99. The maximum Gasteiger partial charge on any atom is 0.244 e. The van der Waals surface area contributed by atoms with Crippen molar-refractivity contribution in [2.75, 3.05) is 17.2 Å². The van der Waals surface area contributed by atoms with Crippen LogP contribution in [0.3, 0.4) is 0 Å². The molecule has 0 fully saturated rings. The Morgan fingerprint density at radius 3 is 2.91 bits per heavy atom. The highest BCUT2D eigenvalue weighted by Crippen LogP contribution is 2.14. The Labute approximate surface area is 138 Å². The van der Waals surface area contributed by atoms with Gasteiger partial charge in [-0.3, -0.25) is 0 Å². The lowest BCUT2D eigenvalue weighted by molar-refractivity contribution is 0.400. The quantitative estimate of drug-likeness (QED) is 0.717. The molecule has 0 aliphatic rings. The second kappa shape index (κ2) is 7.06. The molecular formula is C15H15ClN6O. The van der Waals surface area contributed by atoms with Gasteiger partial charge in [-0.2, -0.15) is 10.1 Å². The third kappa shape index (κ3) is 4.40. The van der Waals surface area contributed by atoms with Gasteiger partial charge >= 0.3 is 0 Å². The zero-order valence-electron chi connectivity index (χ0n) is 12.5. The molecule has 2 aromatic heterocycles. The second-order valence-corrected chi connectivity index (χ2v) is 5.36. The molecule has 0 radical (unpaired) electrons. The Morgan fingerprint density at radius 2 is 2.13 bits per heavy atom. The normalized spacial score (nSPS) is 10.5. The summed E-state index contributed by atoms with van der Waals surface area (Å²) in [5.41, 5.74) is 1.14. The van der Waals surface area contributed by atoms with E-state index >= 15 is 0 Å². The lowest BCUT2D eigenvalue weighted by atomic mass is 10.1. The number of aromatic nitrogens is 4. The maximum atomic E-state index is 5.96. The molecule has 118 valence electrons. The molecule has 8 heteroatoms. The maximum absolute atomic E-state index is 5.96. The first-order valence-electron chi connectivity index (χ1n) is 7.07. The van der Waals surface area contributed by atoms with E-state index in [-0.39, 0.29) is 0 Å². The fourth-order valence-corrected chi connectivity index (χ4v) is 2.22. The number of hydrogen-bond acceptors (Lipinski definition) is 7. The summed E-state index contributed by atoms with van der Waals surface area (Å²) in [6, 6.07) is 9.52. The van der Waals surface area contributed by atoms with E-state index in [9.17, 15) is 0 Å². The third-order valence-corrected chi connectivity index (χ3v) is 3.26. The fraction of sp³-hybridized carbons (Fsp3) is 0.200. The molecule has 0 spiro atoms. The molecule has 0 unspecified atom stereocenters. The van der Waals surface area contributed by atoms with Crippen molar-refractivity contribution in [2.45, 2.75) is 13.3 Å². The first-order valence-corrected chi connectivity index (χ1v) is 7.45. The molecule has 0 atom stereocenters. The Bertz CT molecular complexity index is 791. The zero-order chi connectivity index (χ0) is 16.1. The van der Waals surface area contributed by atoms with E-state index in [0.29, 0.717) is 24.1 Å². The number of aryl methyl sites for hydroxylation is 1. The van der Waals surface area contributed by atoms with Gasteiger partial charge in [0.1, 0.15) is 5.76 Å². The van der Waals surface area contributed by atoms with Crippen molar-refractivity contribution in [3.63, 3.8) is 0 Å². The Morgan fingerprint density at radius 1 is 1.22 bits per heavy atom. The molecule has 7 nitrogen and oxygen atoms in total. The van der Waals surface area contributed by atoms with Gasteiger partial charge < -0.3 is 15.2 Å². The molecule has 0 saturated carbocycles. The number of benzene rings is 1. The lowest BCUT2D eigenvalue weighted by Gasteiger charge is -2.06. The number of hydrogen-bond donors (Lipinski definition) is 2. The van der Waals surface area contributed by atoms with Gasteiger partial charge in [0, 0.05) is 17.6 Å². The van der Waals surface area contributed by atoms with Gasteiger partial charge in [0.15, 0.2) is 11.6 Å². The van der Waals surface area contributed by atoms with E-state index in [2.05, 4.69) is 31.0 Å². The molecular weight excluding hydrogens is 316 g/mol. The highest BCUT2D eigenvalue weighted by molar-refractivity contribution is 6.30. The van der Waals surface area contributed by atoms with E-state index in [4.69, 9.17) is 16.1 Å². The van der Waals surface area contributed by atoms with Crippen molar-refractivity contribution < 1.29 is 4.52 Å². The highest BCUT2D eigenvalue weighted by Gasteiger charge is 2.04. The predicted molar refractivity (Wildman–Crippen MR) is 88.0 cm³/mol. The van der Waals surface area contributed by atoms with E-state index < -0.39 is 0 Å². The van der Waals surface area contributed by atoms with Crippen LogP contribution in [0.1, 0.15) is 11.3 Å². The zero-order valence-corrected chi connectivity index (χ0v) is 13.2. The van der Waals surface area contributed by atoms with Gasteiger partial charge in [-0.05, 0) is 31.0 Å². The SMILES string of the molecule is Cc1cc(Nc2cnnc(NCCc3cccc(Cl)c3)n2)no1. The van der Waals surface area contributed by atoms with Crippen molar-refractivity contribution in [1.29, 1.82) is 0 Å². The average Bonchev–Trinajstić information content (AvgIpc) is 2.93. The minimum atomic E-state index is 0.442. The average molecular weight is 331 g/mol. The minimum absolute atomic E-state index is 0.442. The second-order valence-electron chi connectivity index (χ2n) is 4.92. The van der Waals surface area contributed by atoms with Crippen LogP contribution in [0.5, 0.6) is 0 Å². The van der Waals surface area contributed by atoms with Crippen LogP contribution in [-0.2, 0) is 6.42 Å². The van der Waals surface area contributed by atoms with E-state index in [1.807, 2.05) is 31.2 Å². The summed E-state index contributed by atoms with van der Waals surface area (Å²) in [7, 11) is 0. The molecule has 0 aliphatic carbocycles. The van der Waals surface area contributed by atoms with Crippen LogP contribution in [0.2, 0.25) is 5.02 Å². The van der Waals surface area contributed by atoms with Crippen molar-refractivity contribution in [1.82, 2.24) is 20.3 Å². The van der Waals surface area contributed by atoms with Gasteiger partial charge in [0.2, 0.25) is 5.95 Å². The summed E-state index contributed by atoms with van der Waals surface area (Å²) in [6.07, 6.45) is 2.33. The van der Waals surface area contributed by atoms with Crippen LogP contribution in [0.15, 0.2) is 41.1 Å². The van der Waals surface area contributed by atoms with E-state index in [0.717, 1.165) is 22.8 Å². The standard InChI is InChI=1S/C15H15ClN6O/c1-10-7-13(22-23-10)19-14-9-18-21-15(20-14)17-6-5-11-3-2-4-12(16)8-11/h2-4,7-9H,5-6H2,1H3,(H2,17,19,20,21,22). The van der Waals surface area contributed by atoms with Gasteiger partial charge in [-0.25, -0.2) is 0 Å². The van der Waals surface area contributed by atoms with E-state index in [1.54, 1.807) is 6.07 Å². The summed E-state index contributed by atoms with van der Waals surface area (Å²) in [4.78, 5) is 4.32. The Balaban J connectivity index is 1.57. The van der Waals surface area contributed by atoms with E-state index in [1.165, 1.54) is 6.20 Å². The van der Waals surface area contributed by atoms with Gasteiger partial charge in [-0.15, -0.1) is 5.10 Å². The van der Waals surface area contributed by atoms with Crippen molar-refractivity contribution in [2.24, 2.45) is 0 Å². The molecule has 2 heterocycles. The molecule has 3 aromatic rings. The van der Waals surface area contributed by atoms with Crippen LogP contribution in [0.25, 0.3) is 0 Å². The first kappa shape index (κ1) is 15.2. The molecule has 0 amide bonds. The predicted octanol–water partition coefficient (Wildman–Crippen LogP) is 3.22.